The van der Waals surface area contributed by atoms with Gasteiger partial charge in [0.2, 0.25) is 0 Å². The molecule has 1 fully saturated rings. The van der Waals surface area contributed by atoms with Gasteiger partial charge in [0.05, 0.1) is 34.3 Å². The number of hydrogen-bond acceptors (Lipinski definition) is 10. The van der Waals surface area contributed by atoms with Gasteiger partial charge in [0, 0.05) is 50.7 Å². The Morgan fingerprint density at radius 2 is 1.78 bits per heavy atom. The van der Waals surface area contributed by atoms with Crippen LogP contribution in [0.2, 0.25) is 0 Å². The summed E-state index contributed by atoms with van der Waals surface area (Å²) >= 11 is 3.24. The molecule has 0 saturated carbocycles. The Bertz CT molecular complexity index is 981. The SMILES string of the molecule is CN1CCN(C(=O)c2cc([N+](=O)[O-])cc([N+](=O)[O-])c2N(CCBr)CCOS(C)(=O)=O)CC1. The zero-order valence-electron chi connectivity index (χ0n) is 17.6. The first-order valence-electron chi connectivity index (χ1n) is 9.54. The lowest BCUT2D eigenvalue weighted by molar-refractivity contribution is -0.393. The van der Waals surface area contributed by atoms with E-state index in [1.54, 1.807) is 0 Å². The van der Waals surface area contributed by atoms with Crippen LogP contribution >= 0.6 is 15.9 Å². The highest BCUT2D eigenvalue weighted by Crippen LogP contribution is 2.37. The van der Waals surface area contributed by atoms with Crippen LogP contribution < -0.4 is 4.90 Å². The molecule has 0 bridgehead atoms. The molecule has 1 amide bonds. The number of carbonyl (C=O) groups excluding carboxylic acids is 1. The minimum absolute atomic E-state index is 0.0969. The molecule has 1 aliphatic rings. The molecular formula is C17H24BrN5O8S. The second kappa shape index (κ2) is 11.0. The zero-order chi connectivity index (χ0) is 24.1. The molecule has 0 radical (unpaired) electrons. The molecule has 178 valence electrons. The number of nitrogens with zero attached hydrogens (tertiary/aromatic N) is 5. The maximum atomic E-state index is 13.3. The van der Waals surface area contributed by atoms with Gasteiger partial charge in [-0.1, -0.05) is 15.9 Å². The number of halogens is 1. The second-order valence-electron chi connectivity index (χ2n) is 7.17. The van der Waals surface area contributed by atoms with Gasteiger partial charge < -0.3 is 14.7 Å². The number of piperazine rings is 1. The van der Waals surface area contributed by atoms with Crippen molar-refractivity contribution in [3.8, 4) is 0 Å². The van der Waals surface area contributed by atoms with Crippen molar-refractivity contribution >= 4 is 49.0 Å². The fraction of sp³-hybridized carbons (Fsp3) is 0.588. The highest BCUT2D eigenvalue weighted by atomic mass is 79.9. The van der Waals surface area contributed by atoms with Gasteiger partial charge in [-0.3, -0.25) is 29.2 Å². The van der Waals surface area contributed by atoms with E-state index in [9.17, 15) is 33.4 Å². The van der Waals surface area contributed by atoms with Gasteiger partial charge in [0.15, 0.2) is 0 Å². The maximum Gasteiger partial charge on any atom is 0.300 e. The van der Waals surface area contributed by atoms with E-state index < -0.39 is 37.2 Å². The number of anilines is 1. The lowest BCUT2D eigenvalue weighted by Crippen LogP contribution is -2.47. The van der Waals surface area contributed by atoms with E-state index >= 15 is 0 Å². The number of hydrogen-bond donors (Lipinski definition) is 0. The van der Waals surface area contributed by atoms with Gasteiger partial charge in [-0.2, -0.15) is 8.42 Å². The third-order valence-corrected chi connectivity index (χ3v) is 5.78. The molecule has 0 aromatic heterocycles. The van der Waals surface area contributed by atoms with Gasteiger partial charge in [-0.05, 0) is 7.05 Å². The van der Waals surface area contributed by atoms with Gasteiger partial charge >= 0.3 is 0 Å². The van der Waals surface area contributed by atoms with Crippen molar-refractivity contribution in [3.05, 3.63) is 37.9 Å². The molecule has 0 unspecified atom stereocenters. The molecule has 1 heterocycles. The van der Waals surface area contributed by atoms with Crippen molar-refractivity contribution in [2.24, 2.45) is 0 Å². The summed E-state index contributed by atoms with van der Waals surface area (Å²) in [5, 5.41) is 23.6. The molecule has 1 aliphatic heterocycles. The van der Waals surface area contributed by atoms with Crippen molar-refractivity contribution in [2.45, 2.75) is 0 Å². The number of nitro groups is 2. The topological polar surface area (TPSA) is 156 Å². The van der Waals surface area contributed by atoms with E-state index in [0.717, 1.165) is 18.4 Å². The van der Waals surface area contributed by atoms with Crippen molar-refractivity contribution < 1.29 is 27.2 Å². The molecule has 32 heavy (non-hydrogen) atoms. The zero-order valence-corrected chi connectivity index (χ0v) is 20.0. The van der Waals surface area contributed by atoms with E-state index in [1.807, 2.05) is 11.9 Å². The van der Waals surface area contributed by atoms with Crippen LogP contribution in [0, 0.1) is 20.2 Å². The predicted octanol–water partition coefficient (Wildman–Crippen LogP) is 1.07. The summed E-state index contributed by atoms with van der Waals surface area (Å²) in [6.45, 7) is 1.65. The number of benzene rings is 1. The molecule has 0 spiro atoms. The minimum atomic E-state index is -3.75. The largest absolute Gasteiger partial charge is 0.362 e. The van der Waals surface area contributed by atoms with E-state index in [1.165, 1.54) is 9.80 Å². The van der Waals surface area contributed by atoms with Crippen LogP contribution in [-0.2, 0) is 14.3 Å². The van der Waals surface area contributed by atoms with Crippen LogP contribution in [0.4, 0.5) is 17.1 Å². The van der Waals surface area contributed by atoms with Crippen LogP contribution in [0.5, 0.6) is 0 Å². The van der Waals surface area contributed by atoms with Crippen molar-refractivity contribution in [2.75, 3.05) is 69.4 Å². The Labute approximate surface area is 193 Å². The van der Waals surface area contributed by atoms with Crippen molar-refractivity contribution in [3.63, 3.8) is 0 Å². The first kappa shape index (κ1) is 25.9. The Kier molecular flexibility index (Phi) is 8.89. The standard InChI is InChI=1S/C17H24BrN5O8S/c1-19-5-7-21(8-6-19)17(24)14-11-13(22(25)26)12-15(23(27)28)16(14)20(4-3-18)9-10-31-32(2,29)30/h11-12H,3-10H2,1-2H3. The average molecular weight is 538 g/mol. The van der Waals surface area contributed by atoms with Crippen molar-refractivity contribution in [1.29, 1.82) is 0 Å². The lowest BCUT2D eigenvalue weighted by atomic mass is 10.1. The number of rotatable bonds is 10. The van der Waals surface area contributed by atoms with Crippen LogP contribution in [0.3, 0.4) is 0 Å². The fourth-order valence-corrected chi connectivity index (χ4v) is 4.07. The highest BCUT2D eigenvalue weighted by molar-refractivity contribution is 9.09. The normalized spacial score (nSPS) is 14.9. The van der Waals surface area contributed by atoms with Crippen LogP contribution in [0.15, 0.2) is 12.1 Å². The van der Waals surface area contributed by atoms with E-state index in [2.05, 4.69) is 15.9 Å². The quantitative estimate of drug-likeness (QED) is 0.183. The summed E-state index contributed by atoms with van der Waals surface area (Å²) < 4.78 is 27.4. The Morgan fingerprint density at radius 1 is 1.16 bits per heavy atom. The predicted molar refractivity (Wildman–Crippen MR) is 120 cm³/mol. The molecule has 0 N–H and O–H groups in total. The number of carbonyl (C=O) groups is 1. The molecule has 1 aromatic rings. The minimum Gasteiger partial charge on any atom is -0.362 e. The first-order chi connectivity index (χ1) is 14.9. The van der Waals surface area contributed by atoms with E-state index in [0.29, 0.717) is 31.5 Å². The fourth-order valence-electron chi connectivity index (χ4n) is 3.26. The number of non-ortho nitro benzene ring substituents is 1. The summed E-state index contributed by atoms with van der Waals surface area (Å²) in [5.41, 5.74) is -1.49. The molecule has 13 nitrogen and oxygen atoms in total. The molecule has 0 atom stereocenters. The molecule has 2 rings (SSSR count). The summed E-state index contributed by atoms with van der Waals surface area (Å²) in [6.07, 6.45) is 0.873. The van der Waals surface area contributed by atoms with Gasteiger partial charge in [-0.15, -0.1) is 0 Å². The first-order valence-corrected chi connectivity index (χ1v) is 12.5. The Hall–Kier alpha value is -2.36. The van der Waals surface area contributed by atoms with Gasteiger partial charge in [0.1, 0.15) is 5.69 Å². The molecule has 1 saturated heterocycles. The van der Waals surface area contributed by atoms with Crippen LogP contribution in [-0.4, -0.2) is 98.5 Å². The van der Waals surface area contributed by atoms with Crippen molar-refractivity contribution in [1.82, 2.24) is 9.80 Å². The van der Waals surface area contributed by atoms with E-state index in [4.69, 9.17) is 4.18 Å². The third-order valence-electron chi connectivity index (χ3n) is 4.83. The summed E-state index contributed by atoms with van der Waals surface area (Å²) in [7, 11) is -1.86. The lowest BCUT2D eigenvalue weighted by Gasteiger charge is -2.33. The van der Waals surface area contributed by atoms with E-state index in [-0.39, 0.29) is 30.9 Å². The average Bonchev–Trinajstić information content (AvgIpc) is 2.71. The number of amides is 1. The molecule has 0 aliphatic carbocycles. The third kappa shape index (κ3) is 6.82. The maximum absolute atomic E-state index is 13.3. The molecule has 1 aromatic carbocycles. The Morgan fingerprint density at radius 3 is 2.28 bits per heavy atom. The second-order valence-corrected chi connectivity index (χ2v) is 9.61. The highest BCUT2D eigenvalue weighted by Gasteiger charge is 2.33. The molecule has 15 heteroatoms. The van der Waals surface area contributed by atoms with Gasteiger partial charge in [-0.25, -0.2) is 0 Å². The number of nitro benzene ring substituents is 2. The smallest absolute Gasteiger partial charge is 0.300 e. The van der Waals surface area contributed by atoms with Crippen LogP contribution in [0.1, 0.15) is 10.4 Å². The van der Waals surface area contributed by atoms with Gasteiger partial charge in [0.25, 0.3) is 27.4 Å². The molecular weight excluding hydrogens is 514 g/mol. The monoisotopic (exact) mass is 537 g/mol. The Balaban J connectivity index is 2.58. The number of likely N-dealkylation sites (N-methyl/N-ethyl adjacent to an activating group) is 1. The summed E-state index contributed by atoms with van der Waals surface area (Å²) in [6, 6.07) is 1.83. The number of alkyl halides is 1. The van der Waals surface area contributed by atoms with Crippen LogP contribution in [0.25, 0.3) is 0 Å². The summed E-state index contributed by atoms with van der Waals surface area (Å²) in [4.78, 5) is 39.9. The summed E-state index contributed by atoms with van der Waals surface area (Å²) in [5.74, 6) is -0.566.